The van der Waals surface area contributed by atoms with Gasteiger partial charge in [-0.2, -0.15) is 0 Å². The van der Waals surface area contributed by atoms with Gasteiger partial charge in [0.25, 0.3) is 34.1 Å². The minimum absolute atomic E-state index is 0. The van der Waals surface area contributed by atoms with E-state index >= 15 is 0 Å². The Hall–Kier alpha value is -6.19. The number of nitro benzene ring substituents is 6. The van der Waals surface area contributed by atoms with Crippen molar-refractivity contribution in [3.63, 3.8) is 0 Å². The predicted molar refractivity (Wildman–Crippen MR) is 140 cm³/mol. The van der Waals surface area contributed by atoms with Gasteiger partial charge in [0.2, 0.25) is 0 Å². The third-order valence-electron chi connectivity index (χ3n) is 4.86. The number of benzene rings is 3. The molecule has 0 atom stereocenters. The van der Waals surface area contributed by atoms with Gasteiger partial charge in [0.05, 0.1) is 47.7 Å². The van der Waals surface area contributed by atoms with Gasteiger partial charge in [0.15, 0.2) is 0 Å². The zero-order chi connectivity index (χ0) is 34.8. The van der Waals surface area contributed by atoms with Crippen LogP contribution in [0, 0.1) is 101 Å². The van der Waals surface area contributed by atoms with Gasteiger partial charge in [0.1, 0.15) is 16.7 Å². The molecule has 0 radical (unpaired) electrons. The van der Waals surface area contributed by atoms with Crippen LogP contribution >= 0.6 is 0 Å². The molecule has 0 unspecified atom stereocenters. The average molecular weight is 787 g/mol. The molecule has 240 valence electrons. The molecule has 0 amide bonds. The van der Waals surface area contributed by atoms with Crippen molar-refractivity contribution in [3.8, 4) is 0 Å². The molecule has 46 heavy (non-hydrogen) atoms. The number of carbonyl (C=O) groups is 3. The van der Waals surface area contributed by atoms with E-state index in [0.29, 0.717) is 18.2 Å². The first-order valence-corrected chi connectivity index (χ1v) is 10.8. The van der Waals surface area contributed by atoms with Crippen LogP contribution in [0.4, 0.5) is 34.1 Å². The average Bonchev–Trinajstić information content (AvgIpc) is 2.96. The van der Waals surface area contributed by atoms with Crippen molar-refractivity contribution in [3.05, 3.63) is 132 Å². The number of nitro groups is 6. The number of carboxylic acid groups (broad SMARTS) is 3. The van der Waals surface area contributed by atoms with Gasteiger partial charge in [-0.05, 0) is 18.2 Å². The van der Waals surface area contributed by atoms with Crippen molar-refractivity contribution in [1.82, 2.24) is 0 Å². The summed E-state index contributed by atoms with van der Waals surface area (Å²) in [6.07, 6.45) is 0. The van der Waals surface area contributed by atoms with Crippen molar-refractivity contribution in [1.29, 1.82) is 0 Å². The molecule has 0 aliphatic rings. The minimum atomic E-state index is -1.50. The van der Waals surface area contributed by atoms with Gasteiger partial charge in [-0.3, -0.25) is 60.7 Å². The predicted octanol–water partition coefficient (Wildman–Crippen LogP) is 3.60. The van der Waals surface area contributed by atoms with E-state index in [2.05, 4.69) is 0 Å². The van der Waals surface area contributed by atoms with Gasteiger partial charge in [-0.25, -0.2) is 14.4 Å². The molecule has 0 bridgehead atoms. The zero-order valence-corrected chi connectivity index (χ0v) is 24.4. The maximum Gasteiger partial charge on any atom is 0.342 e. The first-order chi connectivity index (χ1) is 20.8. The molecule has 24 nitrogen and oxygen atoms in total. The van der Waals surface area contributed by atoms with Crippen LogP contribution in [0.15, 0.2) is 54.6 Å². The van der Waals surface area contributed by atoms with Crippen LogP contribution < -0.4 is 0 Å². The molecule has 3 aromatic rings. The number of nitrogens with zero attached hydrogens (tertiary/aromatic N) is 6. The van der Waals surface area contributed by atoms with Gasteiger partial charge < -0.3 is 15.3 Å². The van der Waals surface area contributed by atoms with E-state index in [0.717, 1.165) is 36.4 Å². The standard InChI is InChI=1S/3C7H4N2O6.Sm/c3*10-7(11)5-2-1-4(8(12)13)3-6(5)9(14)15;/h3*1-3H,(H,10,11);. The van der Waals surface area contributed by atoms with E-state index < -0.39 is 98.3 Å². The van der Waals surface area contributed by atoms with Crippen molar-refractivity contribution in [2.45, 2.75) is 0 Å². The molecule has 3 aromatic carbocycles. The molecule has 25 heteroatoms. The van der Waals surface area contributed by atoms with Crippen LogP contribution in [0.2, 0.25) is 0 Å². The summed E-state index contributed by atoms with van der Waals surface area (Å²) in [6.45, 7) is 0. The second kappa shape index (κ2) is 17.2. The Morgan fingerprint density at radius 2 is 0.609 bits per heavy atom. The Balaban J connectivity index is 0.000000653. The summed E-state index contributed by atoms with van der Waals surface area (Å²) in [5.41, 5.74) is -5.68. The summed E-state index contributed by atoms with van der Waals surface area (Å²) >= 11 is 0. The van der Waals surface area contributed by atoms with E-state index in [4.69, 9.17) is 15.3 Å². The second-order valence-corrected chi connectivity index (χ2v) is 7.56. The van der Waals surface area contributed by atoms with E-state index in [9.17, 15) is 75.1 Å². The summed E-state index contributed by atoms with van der Waals surface area (Å²) in [5.74, 6) is -4.51. The van der Waals surface area contributed by atoms with E-state index in [1.54, 1.807) is 0 Å². The maximum absolute atomic E-state index is 10.5. The molecule has 0 saturated carbocycles. The second-order valence-electron chi connectivity index (χ2n) is 7.56. The fraction of sp³-hybridized carbons (Fsp3) is 0. The Morgan fingerprint density at radius 3 is 0.739 bits per heavy atom. The minimum Gasteiger partial charge on any atom is -0.477 e. The monoisotopic (exact) mass is 788 g/mol. The van der Waals surface area contributed by atoms with Crippen LogP contribution in [0.3, 0.4) is 0 Å². The maximum atomic E-state index is 10.5. The van der Waals surface area contributed by atoms with E-state index in [-0.39, 0.29) is 40.4 Å². The van der Waals surface area contributed by atoms with Gasteiger partial charge >= 0.3 is 17.9 Å². The van der Waals surface area contributed by atoms with Crippen molar-refractivity contribution in [2.75, 3.05) is 0 Å². The molecule has 3 rings (SSSR count). The van der Waals surface area contributed by atoms with Crippen LogP contribution in [0.25, 0.3) is 0 Å². The van der Waals surface area contributed by atoms with Crippen molar-refractivity contribution >= 4 is 52.0 Å². The Kier molecular flexibility index (Phi) is 14.9. The van der Waals surface area contributed by atoms with Crippen LogP contribution in [-0.2, 0) is 0 Å². The number of hydrogen-bond acceptors (Lipinski definition) is 15. The zero-order valence-electron chi connectivity index (χ0n) is 21.8. The molecule has 0 saturated heterocycles. The fourth-order valence-electron chi connectivity index (χ4n) is 2.90. The summed E-state index contributed by atoms with van der Waals surface area (Å²) in [6, 6.07) is 7.04. The summed E-state index contributed by atoms with van der Waals surface area (Å²) in [4.78, 5) is 88.3. The third-order valence-corrected chi connectivity index (χ3v) is 4.86. The topological polar surface area (TPSA) is 371 Å². The smallest absolute Gasteiger partial charge is 0.342 e. The Bertz CT molecular complexity index is 1570. The fourth-order valence-corrected chi connectivity index (χ4v) is 2.90. The Labute approximate surface area is 282 Å². The number of carboxylic acids is 3. The number of rotatable bonds is 9. The van der Waals surface area contributed by atoms with Crippen LogP contribution in [-0.4, -0.2) is 62.8 Å². The van der Waals surface area contributed by atoms with Crippen molar-refractivity contribution in [2.24, 2.45) is 0 Å². The van der Waals surface area contributed by atoms with Gasteiger partial charge in [-0.15, -0.1) is 0 Å². The molecular formula is C21H12N6O18Sm. The number of hydrogen-bond donors (Lipinski definition) is 3. The quantitative estimate of drug-likeness (QED) is 0.206. The van der Waals surface area contributed by atoms with Crippen molar-refractivity contribution < 1.29 is 99.6 Å². The Morgan fingerprint density at radius 1 is 0.413 bits per heavy atom. The summed E-state index contributed by atoms with van der Waals surface area (Å²) < 4.78 is 0. The molecule has 0 heterocycles. The molecular weight excluding hydrogens is 775 g/mol. The molecule has 0 spiro atoms. The SMILES string of the molecule is O=C(O)c1ccc([N+](=O)[O-])cc1[N+](=O)[O-].O=C(O)c1ccc([N+](=O)[O-])cc1[N+](=O)[O-].O=C(O)c1ccc([N+](=O)[O-])cc1[N+](=O)[O-].[Sm]. The first kappa shape index (κ1) is 39.8. The number of non-ortho nitro benzene ring substituents is 3. The molecule has 3 N–H and O–H groups in total. The normalized spacial score (nSPS) is 9.39. The largest absolute Gasteiger partial charge is 0.477 e. The summed E-state index contributed by atoms with van der Waals surface area (Å²) in [7, 11) is 0. The van der Waals surface area contributed by atoms with E-state index in [1.807, 2.05) is 0 Å². The summed E-state index contributed by atoms with van der Waals surface area (Å²) in [5, 5.41) is 87.8. The van der Waals surface area contributed by atoms with Crippen LogP contribution in [0.5, 0.6) is 0 Å². The number of aromatic carboxylic acids is 3. The third kappa shape index (κ3) is 10.8. The molecule has 0 fully saturated rings. The first-order valence-electron chi connectivity index (χ1n) is 10.8. The van der Waals surface area contributed by atoms with Crippen LogP contribution in [0.1, 0.15) is 31.1 Å². The van der Waals surface area contributed by atoms with E-state index in [1.165, 1.54) is 0 Å². The molecule has 0 aliphatic heterocycles. The molecule has 0 aromatic heterocycles. The molecule has 0 aliphatic carbocycles. The van der Waals surface area contributed by atoms with Gasteiger partial charge in [-0.1, -0.05) is 0 Å². The van der Waals surface area contributed by atoms with Gasteiger partial charge in [0, 0.05) is 58.6 Å².